The summed E-state index contributed by atoms with van der Waals surface area (Å²) in [4.78, 5) is 0. The fraction of sp³-hybridized carbons (Fsp3) is 0.300. The van der Waals surface area contributed by atoms with Crippen molar-refractivity contribution in [3.05, 3.63) is 72.3 Å². The van der Waals surface area contributed by atoms with Gasteiger partial charge in [-0.3, -0.25) is 0 Å². The van der Waals surface area contributed by atoms with E-state index < -0.39 is 0 Å². The first-order chi connectivity index (χ1) is 11.8. The van der Waals surface area contributed by atoms with Gasteiger partial charge in [0.2, 0.25) is 0 Å². The molecule has 0 amide bonds. The van der Waals surface area contributed by atoms with Crippen LogP contribution in [0.3, 0.4) is 0 Å². The van der Waals surface area contributed by atoms with Gasteiger partial charge in [-0.25, -0.2) is 0 Å². The number of ether oxygens (including phenoxy) is 4. The number of epoxide rings is 1. The van der Waals surface area contributed by atoms with E-state index in [0.29, 0.717) is 26.4 Å². The van der Waals surface area contributed by atoms with E-state index >= 15 is 0 Å². The number of hydrogen-bond acceptors (Lipinski definition) is 4. The van der Waals surface area contributed by atoms with E-state index in [-0.39, 0.29) is 6.10 Å². The Labute approximate surface area is 142 Å². The van der Waals surface area contributed by atoms with Crippen LogP contribution in [0.25, 0.3) is 0 Å². The first kappa shape index (κ1) is 16.6. The van der Waals surface area contributed by atoms with E-state index in [2.05, 4.69) is 6.58 Å². The lowest BCUT2D eigenvalue weighted by Gasteiger charge is -2.08. The molecule has 0 N–H and O–H groups in total. The number of hydrogen-bond donors (Lipinski definition) is 0. The molecule has 0 spiro atoms. The molecule has 1 atom stereocenters. The number of benzene rings is 2. The van der Waals surface area contributed by atoms with Crippen LogP contribution >= 0.6 is 0 Å². The zero-order chi connectivity index (χ0) is 16.6. The minimum atomic E-state index is 0.279. The van der Waals surface area contributed by atoms with Gasteiger partial charge in [0.05, 0.1) is 19.8 Å². The Kier molecular flexibility index (Phi) is 5.88. The molecule has 1 aliphatic rings. The van der Waals surface area contributed by atoms with Crippen LogP contribution < -0.4 is 9.47 Å². The molecule has 126 valence electrons. The van der Waals surface area contributed by atoms with Gasteiger partial charge < -0.3 is 18.9 Å². The lowest BCUT2D eigenvalue weighted by Crippen LogP contribution is -2.04. The Morgan fingerprint density at radius 3 is 1.96 bits per heavy atom. The molecule has 0 aliphatic carbocycles. The van der Waals surface area contributed by atoms with Crippen LogP contribution in [0, 0.1) is 0 Å². The van der Waals surface area contributed by atoms with E-state index in [9.17, 15) is 0 Å². The summed E-state index contributed by atoms with van der Waals surface area (Å²) in [5.74, 6) is 1.70. The van der Waals surface area contributed by atoms with Crippen molar-refractivity contribution in [1.29, 1.82) is 0 Å². The highest BCUT2D eigenvalue weighted by molar-refractivity contribution is 5.28. The van der Waals surface area contributed by atoms with Crippen molar-refractivity contribution < 1.29 is 18.9 Å². The molecule has 2 aromatic rings. The maximum absolute atomic E-state index is 5.76. The Hall–Kier alpha value is -2.30. The van der Waals surface area contributed by atoms with E-state index in [1.807, 2.05) is 48.5 Å². The van der Waals surface area contributed by atoms with Crippen LogP contribution in [0.1, 0.15) is 11.1 Å². The van der Waals surface area contributed by atoms with Crippen LogP contribution in [0.5, 0.6) is 11.5 Å². The van der Waals surface area contributed by atoms with E-state index in [4.69, 9.17) is 18.9 Å². The summed E-state index contributed by atoms with van der Waals surface area (Å²) in [5, 5.41) is 0. The third-order valence-electron chi connectivity index (χ3n) is 3.59. The summed E-state index contributed by atoms with van der Waals surface area (Å²) in [6.07, 6.45) is 2.01. The van der Waals surface area contributed by atoms with Gasteiger partial charge in [-0.2, -0.15) is 0 Å². The van der Waals surface area contributed by atoms with Crippen LogP contribution in [-0.4, -0.2) is 25.9 Å². The van der Waals surface area contributed by atoms with Gasteiger partial charge in [-0.05, 0) is 35.4 Å². The standard InChI is InChI=1S/C20H22O4/c1-2-11-22-18-7-3-16(4-8-18)12-21-13-17-5-9-19(10-6-17)23-14-20-15-24-20/h2-10,20H,1,11-15H2. The van der Waals surface area contributed by atoms with Crippen molar-refractivity contribution in [3.8, 4) is 11.5 Å². The fourth-order valence-electron chi connectivity index (χ4n) is 2.16. The lowest BCUT2D eigenvalue weighted by atomic mass is 10.2. The molecule has 0 radical (unpaired) electrons. The van der Waals surface area contributed by atoms with Crippen molar-refractivity contribution in [1.82, 2.24) is 0 Å². The first-order valence-corrected chi connectivity index (χ1v) is 8.07. The van der Waals surface area contributed by atoms with Gasteiger partial charge in [-0.15, -0.1) is 0 Å². The first-order valence-electron chi connectivity index (χ1n) is 8.07. The maximum Gasteiger partial charge on any atom is 0.119 e. The Balaban J connectivity index is 1.39. The number of rotatable bonds is 10. The highest BCUT2D eigenvalue weighted by Gasteiger charge is 2.22. The SMILES string of the molecule is C=CCOc1ccc(COCc2ccc(OCC3CO3)cc2)cc1. The average Bonchev–Trinajstić information content (AvgIpc) is 3.45. The predicted molar refractivity (Wildman–Crippen MR) is 92.3 cm³/mol. The Morgan fingerprint density at radius 1 is 0.917 bits per heavy atom. The molecule has 2 aromatic carbocycles. The van der Waals surface area contributed by atoms with Crippen molar-refractivity contribution in [2.24, 2.45) is 0 Å². The fourth-order valence-corrected chi connectivity index (χ4v) is 2.16. The average molecular weight is 326 g/mol. The molecule has 4 nitrogen and oxygen atoms in total. The quantitative estimate of drug-likeness (QED) is 0.492. The molecule has 0 aromatic heterocycles. The third-order valence-corrected chi connectivity index (χ3v) is 3.59. The van der Waals surface area contributed by atoms with E-state index in [1.165, 1.54) is 0 Å². The summed E-state index contributed by atoms with van der Waals surface area (Å²) in [6.45, 7) is 6.73. The monoisotopic (exact) mass is 326 g/mol. The van der Waals surface area contributed by atoms with Gasteiger partial charge >= 0.3 is 0 Å². The molecular formula is C20H22O4. The van der Waals surface area contributed by atoms with E-state index in [1.54, 1.807) is 6.08 Å². The molecule has 0 saturated carbocycles. The van der Waals surface area contributed by atoms with Gasteiger partial charge in [0.1, 0.15) is 30.8 Å². The van der Waals surface area contributed by atoms with Gasteiger partial charge in [0, 0.05) is 0 Å². The molecular weight excluding hydrogens is 304 g/mol. The second-order valence-corrected chi connectivity index (χ2v) is 5.65. The highest BCUT2D eigenvalue weighted by Crippen LogP contribution is 2.17. The van der Waals surface area contributed by atoms with Crippen molar-refractivity contribution >= 4 is 0 Å². The predicted octanol–water partition coefficient (Wildman–Crippen LogP) is 3.75. The molecule has 1 fully saturated rings. The van der Waals surface area contributed by atoms with Crippen molar-refractivity contribution in [2.75, 3.05) is 19.8 Å². The largest absolute Gasteiger partial charge is 0.491 e. The molecule has 0 bridgehead atoms. The molecule has 1 heterocycles. The molecule has 3 rings (SSSR count). The smallest absolute Gasteiger partial charge is 0.119 e. The Morgan fingerprint density at radius 2 is 1.46 bits per heavy atom. The zero-order valence-corrected chi connectivity index (χ0v) is 13.6. The van der Waals surface area contributed by atoms with Crippen LogP contribution in [-0.2, 0) is 22.7 Å². The zero-order valence-electron chi connectivity index (χ0n) is 13.6. The topological polar surface area (TPSA) is 40.2 Å². The molecule has 1 aliphatic heterocycles. The minimum absolute atomic E-state index is 0.279. The van der Waals surface area contributed by atoms with E-state index in [0.717, 1.165) is 29.2 Å². The molecule has 4 heteroatoms. The summed E-state index contributed by atoms with van der Waals surface area (Å²) in [5.41, 5.74) is 2.24. The Bertz CT molecular complexity index is 630. The molecule has 24 heavy (non-hydrogen) atoms. The van der Waals surface area contributed by atoms with Gasteiger partial charge in [0.15, 0.2) is 0 Å². The van der Waals surface area contributed by atoms with Gasteiger partial charge in [-0.1, -0.05) is 36.9 Å². The summed E-state index contributed by atoms with van der Waals surface area (Å²) < 4.78 is 21.9. The minimum Gasteiger partial charge on any atom is -0.491 e. The van der Waals surface area contributed by atoms with Crippen LogP contribution in [0.15, 0.2) is 61.2 Å². The summed E-state index contributed by atoms with van der Waals surface area (Å²) in [7, 11) is 0. The summed E-state index contributed by atoms with van der Waals surface area (Å²) in [6, 6.07) is 15.9. The maximum atomic E-state index is 5.76. The second-order valence-electron chi connectivity index (χ2n) is 5.65. The molecule has 1 saturated heterocycles. The van der Waals surface area contributed by atoms with Crippen LogP contribution in [0.4, 0.5) is 0 Å². The second kappa shape index (κ2) is 8.52. The normalized spacial score (nSPS) is 15.8. The molecule has 1 unspecified atom stereocenters. The van der Waals surface area contributed by atoms with Crippen LogP contribution in [0.2, 0.25) is 0 Å². The van der Waals surface area contributed by atoms with Crippen molar-refractivity contribution in [2.45, 2.75) is 19.3 Å². The lowest BCUT2D eigenvalue weighted by molar-refractivity contribution is 0.107. The summed E-state index contributed by atoms with van der Waals surface area (Å²) >= 11 is 0. The third kappa shape index (κ3) is 5.41. The van der Waals surface area contributed by atoms with Gasteiger partial charge in [0.25, 0.3) is 0 Å². The highest BCUT2D eigenvalue weighted by atomic mass is 16.6. The van der Waals surface area contributed by atoms with Crippen molar-refractivity contribution in [3.63, 3.8) is 0 Å².